The molecule has 0 spiro atoms. The molecule has 1 aromatic carbocycles. The molecule has 0 saturated carbocycles. The third kappa shape index (κ3) is 3.85. The molecule has 1 rings (SSSR count). The molecule has 0 aliphatic carbocycles. The number of halogens is 1. The van der Waals surface area contributed by atoms with Crippen LogP contribution in [0.25, 0.3) is 0 Å². The quantitative estimate of drug-likeness (QED) is 0.843. The maximum atomic E-state index is 13.1. The zero-order valence-corrected chi connectivity index (χ0v) is 9.48. The second-order valence-corrected chi connectivity index (χ2v) is 3.62. The Balaban J connectivity index is 2.80. The second kappa shape index (κ2) is 5.97. The molecule has 0 unspecified atom stereocenters. The van der Waals surface area contributed by atoms with E-state index in [1.54, 1.807) is 17.0 Å². The number of hydrogen-bond donors (Lipinski definition) is 1. The first kappa shape index (κ1) is 13.1. The van der Waals surface area contributed by atoms with Crippen molar-refractivity contribution < 1.29 is 14.3 Å². The number of nitrogens with zero attached hydrogens (tertiary/aromatic N) is 2. The molecule has 0 aliphatic heterocycles. The molecular formula is C12H13FN2O2. The Hall–Kier alpha value is -1.93. The normalized spacial score (nSPS) is 10.2. The Morgan fingerprint density at radius 1 is 1.59 bits per heavy atom. The highest BCUT2D eigenvalue weighted by Gasteiger charge is 2.09. The largest absolute Gasteiger partial charge is 0.480 e. The van der Waals surface area contributed by atoms with E-state index in [1.807, 2.05) is 6.92 Å². The summed E-state index contributed by atoms with van der Waals surface area (Å²) in [5, 5.41) is 17.4. The summed E-state index contributed by atoms with van der Waals surface area (Å²) in [5.41, 5.74) is 0.708. The zero-order chi connectivity index (χ0) is 12.8. The van der Waals surface area contributed by atoms with Gasteiger partial charge in [0.2, 0.25) is 0 Å². The van der Waals surface area contributed by atoms with E-state index in [1.165, 1.54) is 12.1 Å². The minimum atomic E-state index is -0.908. The van der Waals surface area contributed by atoms with E-state index in [4.69, 9.17) is 10.4 Å². The predicted octanol–water partition coefficient (Wildman–Crippen LogP) is 1.60. The summed E-state index contributed by atoms with van der Waals surface area (Å²) in [6.45, 7) is 2.73. The van der Waals surface area contributed by atoms with Gasteiger partial charge in [0.15, 0.2) is 0 Å². The molecule has 5 heteroatoms. The second-order valence-electron chi connectivity index (χ2n) is 3.62. The fourth-order valence-electron chi connectivity index (χ4n) is 1.49. The van der Waals surface area contributed by atoms with Gasteiger partial charge in [-0.05, 0) is 24.2 Å². The number of nitriles is 1. The van der Waals surface area contributed by atoms with Crippen molar-refractivity contribution in [1.82, 2.24) is 4.90 Å². The Kier molecular flexibility index (Phi) is 4.61. The lowest BCUT2D eigenvalue weighted by molar-refractivity contribution is -0.138. The van der Waals surface area contributed by atoms with Gasteiger partial charge in [-0.1, -0.05) is 13.0 Å². The highest BCUT2D eigenvalue weighted by atomic mass is 19.1. The molecule has 0 radical (unpaired) electrons. The first-order valence-electron chi connectivity index (χ1n) is 5.19. The third-order valence-corrected chi connectivity index (χ3v) is 2.36. The van der Waals surface area contributed by atoms with Crippen LogP contribution in [0.5, 0.6) is 0 Å². The van der Waals surface area contributed by atoms with Crippen LogP contribution in [0, 0.1) is 17.1 Å². The van der Waals surface area contributed by atoms with Crippen molar-refractivity contribution in [2.24, 2.45) is 0 Å². The van der Waals surface area contributed by atoms with Crippen molar-refractivity contribution >= 4 is 5.97 Å². The highest BCUT2D eigenvalue weighted by molar-refractivity contribution is 5.69. The monoisotopic (exact) mass is 236 g/mol. The number of likely N-dealkylation sites (N-methyl/N-ethyl adjacent to an activating group) is 1. The summed E-state index contributed by atoms with van der Waals surface area (Å²) in [5.74, 6) is -1.47. The molecule has 0 saturated heterocycles. The van der Waals surface area contributed by atoms with Crippen molar-refractivity contribution in [3.8, 4) is 6.07 Å². The molecule has 4 nitrogen and oxygen atoms in total. The smallest absolute Gasteiger partial charge is 0.317 e. The van der Waals surface area contributed by atoms with Crippen LogP contribution >= 0.6 is 0 Å². The minimum absolute atomic E-state index is 0.0196. The van der Waals surface area contributed by atoms with Crippen molar-refractivity contribution in [2.75, 3.05) is 13.1 Å². The highest BCUT2D eigenvalue weighted by Crippen LogP contribution is 2.11. The summed E-state index contributed by atoms with van der Waals surface area (Å²) in [7, 11) is 0. The summed E-state index contributed by atoms with van der Waals surface area (Å²) in [4.78, 5) is 12.3. The number of aliphatic carboxylic acids is 1. The molecule has 0 heterocycles. The number of hydrogen-bond acceptors (Lipinski definition) is 3. The molecule has 0 atom stereocenters. The molecular weight excluding hydrogens is 223 g/mol. The van der Waals surface area contributed by atoms with Crippen LogP contribution in [0.15, 0.2) is 18.2 Å². The van der Waals surface area contributed by atoms with E-state index in [0.29, 0.717) is 13.1 Å². The fraction of sp³-hybridized carbons (Fsp3) is 0.333. The Labute approximate surface area is 98.9 Å². The summed E-state index contributed by atoms with van der Waals surface area (Å²) in [6.07, 6.45) is 0. The molecule has 17 heavy (non-hydrogen) atoms. The molecule has 0 fully saturated rings. The maximum absolute atomic E-state index is 13.1. The summed E-state index contributed by atoms with van der Waals surface area (Å²) < 4.78 is 13.1. The first-order chi connectivity index (χ1) is 8.06. The first-order valence-corrected chi connectivity index (χ1v) is 5.19. The molecule has 1 N–H and O–H groups in total. The lowest BCUT2D eigenvalue weighted by Gasteiger charge is -2.17. The van der Waals surface area contributed by atoms with Crippen LogP contribution in [-0.2, 0) is 11.3 Å². The van der Waals surface area contributed by atoms with Gasteiger partial charge >= 0.3 is 5.97 Å². The molecule has 0 aliphatic rings. The lowest BCUT2D eigenvalue weighted by Crippen LogP contribution is -2.29. The van der Waals surface area contributed by atoms with Crippen molar-refractivity contribution in [2.45, 2.75) is 13.5 Å². The van der Waals surface area contributed by atoms with Gasteiger partial charge in [-0.2, -0.15) is 5.26 Å². The van der Waals surface area contributed by atoms with E-state index in [-0.39, 0.29) is 12.1 Å². The Morgan fingerprint density at radius 2 is 2.29 bits per heavy atom. The SMILES string of the molecule is CCN(CC(=O)O)Cc1ccc(F)c(C#N)c1. The third-order valence-electron chi connectivity index (χ3n) is 2.36. The van der Waals surface area contributed by atoms with Gasteiger partial charge < -0.3 is 5.11 Å². The van der Waals surface area contributed by atoms with Gasteiger partial charge in [-0.3, -0.25) is 9.69 Å². The van der Waals surface area contributed by atoms with Crippen LogP contribution in [0.3, 0.4) is 0 Å². The molecule has 0 amide bonds. The minimum Gasteiger partial charge on any atom is -0.480 e. The van der Waals surface area contributed by atoms with Gasteiger partial charge in [0.25, 0.3) is 0 Å². The zero-order valence-electron chi connectivity index (χ0n) is 9.48. The van der Waals surface area contributed by atoms with E-state index in [0.717, 1.165) is 5.56 Å². The average molecular weight is 236 g/mol. The Bertz CT molecular complexity index is 454. The molecule has 0 aromatic heterocycles. The predicted molar refractivity (Wildman–Crippen MR) is 59.7 cm³/mol. The van der Waals surface area contributed by atoms with Crippen LogP contribution in [0.1, 0.15) is 18.1 Å². The number of benzene rings is 1. The van der Waals surface area contributed by atoms with Crippen LogP contribution < -0.4 is 0 Å². The number of carbonyl (C=O) groups is 1. The van der Waals surface area contributed by atoms with Gasteiger partial charge in [0.1, 0.15) is 11.9 Å². The van der Waals surface area contributed by atoms with Crippen molar-refractivity contribution in [3.63, 3.8) is 0 Å². The van der Waals surface area contributed by atoms with E-state index >= 15 is 0 Å². The van der Waals surface area contributed by atoms with Crippen molar-refractivity contribution in [3.05, 3.63) is 35.1 Å². The summed E-state index contributed by atoms with van der Waals surface area (Å²) in [6, 6.07) is 5.98. The standard InChI is InChI=1S/C12H13FN2O2/c1-2-15(8-12(16)17)7-9-3-4-11(13)10(5-9)6-14/h3-5H,2,7-8H2,1H3,(H,16,17). The molecule has 90 valence electrons. The number of rotatable bonds is 5. The number of carboxylic acid groups (broad SMARTS) is 1. The van der Waals surface area contributed by atoms with E-state index in [2.05, 4.69) is 0 Å². The van der Waals surface area contributed by atoms with Gasteiger partial charge in [-0.25, -0.2) is 4.39 Å². The van der Waals surface area contributed by atoms with Gasteiger partial charge in [0.05, 0.1) is 12.1 Å². The number of carboxylic acids is 1. The van der Waals surface area contributed by atoms with Crippen LogP contribution in [-0.4, -0.2) is 29.1 Å². The molecule has 0 bridgehead atoms. The fourth-order valence-corrected chi connectivity index (χ4v) is 1.49. The maximum Gasteiger partial charge on any atom is 0.317 e. The van der Waals surface area contributed by atoms with Gasteiger partial charge in [-0.15, -0.1) is 0 Å². The van der Waals surface area contributed by atoms with E-state index in [9.17, 15) is 9.18 Å². The lowest BCUT2D eigenvalue weighted by atomic mass is 10.1. The van der Waals surface area contributed by atoms with Crippen LogP contribution in [0.4, 0.5) is 4.39 Å². The van der Waals surface area contributed by atoms with Crippen molar-refractivity contribution in [1.29, 1.82) is 5.26 Å². The van der Waals surface area contributed by atoms with E-state index < -0.39 is 11.8 Å². The van der Waals surface area contributed by atoms with Gasteiger partial charge in [0, 0.05) is 6.54 Å². The Morgan fingerprint density at radius 3 is 2.82 bits per heavy atom. The molecule has 1 aromatic rings. The topological polar surface area (TPSA) is 64.3 Å². The van der Waals surface area contributed by atoms with Crippen LogP contribution in [0.2, 0.25) is 0 Å². The average Bonchev–Trinajstić information content (AvgIpc) is 2.30. The summed E-state index contributed by atoms with van der Waals surface area (Å²) >= 11 is 0.